The van der Waals surface area contributed by atoms with E-state index >= 15 is 0 Å². The number of thiophene rings is 1. The van der Waals surface area contributed by atoms with Crippen molar-refractivity contribution in [3.05, 3.63) is 78.3 Å². The number of nitrogens with one attached hydrogen (secondary N) is 1. The van der Waals surface area contributed by atoms with E-state index in [1.54, 1.807) is 18.2 Å². The maximum absolute atomic E-state index is 12.6. The summed E-state index contributed by atoms with van der Waals surface area (Å²) in [5, 5.41) is 19.8. The molecule has 2 aromatic heterocycles. The standard InChI is InChI=1S/C19H14ClN5O2S/c1-11-5-6-13(8-16(11)20)25-19(27)15(9-21)12(2)17(24-25)18(26)23-22-10-14-4-3-7-28-14/h3-8,10H,1-2H3,(H,23,26)/b22-10-. The van der Waals surface area contributed by atoms with Crippen LogP contribution in [0.5, 0.6) is 0 Å². The molecule has 2 heterocycles. The number of aryl methyl sites for hydroxylation is 1. The summed E-state index contributed by atoms with van der Waals surface area (Å²) < 4.78 is 0.995. The largest absolute Gasteiger partial charge is 0.292 e. The molecule has 1 aromatic carbocycles. The van der Waals surface area contributed by atoms with E-state index in [0.717, 1.165) is 15.1 Å². The zero-order chi connectivity index (χ0) is 20.3. The summed E-state index contributed by atoms with van der Waals surface area (Å²) in [4.78, 5) is 26.0. The lowest BCUT2D eigenvalue weighted by Crippen LogP contribution is -2.31. The van der Waals surface area contributed by atoms with E-state index in [1.165, 1.54) is 24.5 Å². The van der Waals surface area contributed by atoms with Crippen molar-refractivity contribution in [1.82, 2.24) is 15.2 Å². The predicted octanol–water partition coefficient (Wildman–Crippen LogP) is 3.20. The second kappa shape index (κ2) is 8.17. The predicted molar refractivity (Wildman–Crippen MR) is 108 cm³/mol. The molecule has 1 N–H and O–H groups in total. The van der Waals surface area contributed by atoms with Crippen molar-refractivity contribution in [1.29, 1.82) is 5.26 Å². The first-order valence-corrected chi connectivity index (χ1v) is 9.35. The number of halogens is 1. The van der Waals surface area contributed by atoms with Crippen molar-refractivity contribution in [2.75, 3.05) is 0 Å². The third-order valence-corrected chi connectivity index (χ3v) is 5.18. The van der Waals surface area contributed by atoms with E-state index in [4.69, 9.17) is 11.6 Å². The van der Waals surface area contributed by atoms with Gasteiger partial charge in [0, 0.05) is 15.5 Å². The van der Waals surface area contributed by atoms with Crippen molar-refractivity contribution >= 4 is 35.1 Å². The Morgan fingerprint density at radius 2 is 2.18 bits per heavy atom. The number of carbonyl (C=O) groups excluding carboxylic acids is 1. The lowest BCUT2D eigenvalue weighted by molar-refractivity contribution is 0.0947. The van der Waals surface area contributed by atoms with Crippen LogP contribution < -0.4 is 11.0 Å². The zero-order valence-electron chi connectivity index (χ0n) is 14.9. The van der Waals surface area contributed by atoms with Gasteiger partial charge in [-0.1, -0.05) is 23.7 Å². The van der Waals surface area contributed by atoms with E-state index in [-0.39, 0.29) is 16.8 Å². The quantitative estimate of drug-likeness (QED) is 0.526. The summed E-state index contributed by atoms with van der Waals surface area (Å²) in [7, 11) is 0. The van der Waals surface area contributed by atoms with Gasteiger partial charge in [-0.15, -0.1) is 11.3 Å². The van der Waals surface area contributed by atoms with Gasteiger partial charge in [0.2, 0.25) is 0 Å². The molecule has 3 rings (SSSR count). The fourth-order valence-corrected chi connectivity index (χ4v) is 3.17. The van der Waals surface area contributed by atoms with Crippen LogP contribution in [0.4, 0.5) is 0 Å². The molecule has 0 aliphatic heterocycles. The van der Waals surface area contributed by atoms with Crippen LogP contribution in [-0.2, 0) is 0 Å². The molecule has 0 spiro atoms. The second-order valence-corrected chi connectivity index (χ2v) is 7.21. The molecule has 3 aromatic rings. The Morgan fingerprint density at radius 1 is 1.39 bits per heavy atom. The highest BCUT2D eigenvalue weighted by atomic mass is 35.5. The molecule has 7 nitrogen and oxygen atoms in total. The van der Waals surface area contributed by atoms with E-state index in [9.17, 15) is 14.9 Å². The normalized spacial score (nSPS) is 10.8. The van der Waals surface area contributed by atoms with Crippen LogP contribution in [-0.4, -0.2) is 21.9 Å². The minimum atomic E-state index is -0.631. The van der Waals surface area contributed by atoms with Crippen molar-refractivity contribution < 1.29 is 4.79 Å². The maximum Gasteiger partial charge on any atom is 0.292 e. The average Bonchev–Trinajstić information content (AvgIpc) is 3.18. The molecule has 0 atom stereocenters. The first-order valence-electron chi connectivity index (χ1n) is 8.10. The lowest BCUT2D eigenvalue weighted by Gasteiger charge is -2.11. The first-order chi connectivity index (χ1) is 13.4. The Balaban J connectivity index is 2.03. The Morgan fingerprint density at radius 3 is 2.82 bits per heavy atom. The number of benzene rings is 1. The van der Waals surface area contributed by atoms with Gasteiger partial charge in [-0.05, 0) is 43.0 Å². The SMILES string of the molecule is Cc1ccc(-n2nc(C(=O)N/N=C\c3cccs3)c(C)c(C#N)c2=O)cc1Cl. The molecule has 0 unspecified atom stereocenters. The number of hydrazone groups is 1. The van der Waals surface area contributed by atoms with Crippen molar-refractivity contribution in [3.63, 3.8) is 0 Å². The van der Waals surface area contributed by atoms with Gasteiger partial charge >= 0.3 is 0 Å². The molecule has 0 saturated carbocycles. The molecule has 1 amide bonds. The van der Waals surface area contributed by atoms with Crippen LogP contribution in [0.15, 0.2) is 45.6 Å². The Hall–Kier alpha value is -3.28. The highest BCUT2D eigenvalue weighted by Crippen LogP contribution is 2.19. The van der Waals surface area contributed by atoms with Crippen molar-refractivity contribution in [2.45, 2.75) is 13.8 Å². The van der Waals surface area contributed by atoms with E-state index in [0.29, 0.717) is 10.7 Å². The van der Waals surface area contributed by atoms with E-state index < -0.39 is 11.5 Å². The van der Waals surface area contributed by atoms with Gasteiger partial charge in [-0.2, -0.15) is 20.1 Å². The van der Waals surface area contributed by atoms with Crippen LogP contribution in [0.1, 0.15) is 32.1 Å². The van der Waals surface area contributed by atoms with Crippen molar-refractivity contribution in [2.24, 2.45) is 5.10 Å². The molecule has 0 aliphatic carbocycles. The van der Waals surface area contributed by atoms with E-state index in [2.05, 4.69) is 15.6 Å². The fraction of sp³-hybridized carbons (Fsp3) is 0.105. The molecular weight excluding hydrogens is 398 g/mol. The highest BCUT2D eigenvalue weighted by molar-refractivity contribution is 7.11. The molecule has 140 valence electrons. The topological polar surface area (TPSA) is 100 Å². The van der Waals surface area contributed by atoms with Gasteiger partial charge in [0.25, 0.3) is 11.5 Å². The third kappa shape index (κ3) is 3.86. The first kappa shape index (κ1) is 19.5. The van der Waals surface area contributed by atoms with Gasteiger partial charge in [0.15, 0.2) is 5.69 Å². The molecule has 9 heteroatoms. The third-order valence-electron chi connectivity index (χ3n) is 3.96. The number of hydrogen-bond acceptors (Lipinski definition) is 6. The number of aromatic nitrogens is 2. The summed E-state index contributed by atoms with van der Waals surface area (Å²) in [5.41, 5.74) is 2.87. The number of carbonyl (C=O) groups is 1. The molecule has 0 radical (unpaired) electrons. The fourth-order valence-electron chi connectivity index (χ4n) is 2.41. The Kier molecular flexibility index (Phi) is 5.68. The summed E-state index contributed by atoms with van der Waals surface area (Å²) in [5.74, 6) is -0.631. The van der Waals surface area contributed by atoms with Gasteiger partial charge in [-0.25, -0.2) is 5.43 Å². The van der Waals surface area contributed by atoms with Crippen LogP contribution in [0, 0.1) is 25.2 Å². The number of hydrogen-bond donors (Lipinski definition) is 1. The monoisotopic (exact) mass is 411 g/mol. The molecule has 28 heavy (non-hydrogen) atoms. The summed E-state index contributed by atoms with van der Waals surface area (Å²) in [6.45, 7) is 3.32. The number of rotatable bonds is 4. The number of amides is 1. The van der Waals surface area contributed by atoms with Crippen molar-refractivity contribution in [3.8, 4) is 11.8 Å². The van der Waals surface area contributed by atoms with Crippen LogP contribution in [0.3, 0.4) is 0 Å². The summed E-state index contributed by atoms with van der Waals surface area (Å²) >= 11 is 7.60. The zero-order valence-corrected chi connectivity index (χ0v) is 16.5. The molecule has 0 aliphatic rings. The second-order valence-electron chi connectivity index (χ2n) is 5.83. The number of nitrogens with zero attached hydrogens (tertiary/aromatic N) is 4. The number of nitriles is 1. The van der Waals surface area contributed by atoms with E-state index in [1.807, 2.05) is 30.5 Å². The van der Waals surface area contributed by atoms with Crippen LogP contribution >= 0.6 is 22.9 Å². The summed E-state index contributed by atoms with van der Waals surface area (Å²) in [6.07, 6.45) is 1.50. The molecule has 0 bridgehead atoms. The van der Waals surface area contributed by atoms with Crippen LogP contribution in [0.25, 0.3) is 5.69 Å². The lowest BCUT2D eigenvalue weighted by atomic mass is 10.1. The Labute approximate surface area is 169 Å². The minimum Gasteiger partial charge on any atom is -0.266 e. The van der Waals surface area contributed by atoms with Gasteiger partial charge < -0.3 is 0 Å². The smallest absolute Gasteiger partial charge is 0.266 e. The summed E-state index contributed by atoms with van der Waals surface area (Å²) in [6, 6.07) is 10.5. The average molecular weight is 412 g/mol. The minimum absolute atomic E-state index is 0.0730. The van der Waals surface area contributed by atoms with Gasteiger partial charge in [-0.3, -0.25) is 9.59 Å². The molecule has 0 fully saturated rings. The molecule has 0 saturated heterocycles. The van der Waals surface area contributed by atoms with Gasteiger partial charge in [0.05, 0.1) is 11.9 Å². The maximum atomic E-state index is 12.6. The van der Waals surface area contributed by atoms with Gasteiger partial charge in [0.1, 0.15) is 11.6 Å². The van der Waals surface area contributed by atoms with Crippen LogP contribution in [0.2, 0.25) is 5.02 Å². The Bertz CT molecular complexity index is 1180. The molecular formula is C19H14ClN5O2S. The highest BCUT2D eigenvalue weighted by Gasteiger charge is 2.20.